The monoisotopic (exact) mass is 403 g/mol. The lowest BCUT2D eigenvalue weighted by atomic mass is 10.2. The van der Waals surface area contributed by atoms with Crippen molar-refractivity contribution in [2.24, 2.45) is 5.73 Å². The number of primary amides is 1. The Kier molecular flexibility index (Phi) is 6.30. The van der Waals surface area contributed by atoms with Gasteiger partial charge in [0.2, 0.25) is 0 Å². The molecule has 1 saturated carbocycles. The number of hydrogen-bond donors (Lipinski definition) is 2. The van der Waals surface area contributed by atoms with Crippen molar-refractivity contribution in [1.29, 1.82) is 0 Å². The Morgan fingerprint density at radius 2 is 2.00 bits per heavy atom. The van der Waals surface area contributed by atoms with Crippen molar-refractivity contribution >= 4 is 29.7 Å². The first-order chi connectivity index (χ1) is 13.4. The second-order valence-corrected chi connectivity index (χ2v) is 7.40. The molecule has 3 amide bonds. The van der Waals surface area contributed by atoms with Gasteiger partial charge in [0.05, 0.1) is 12.3 Å². The maximum atomic E-state index is 12.0. The Hall–Kier alpha value is -2.88. The second kappa shape index (κ2) is 8.87. The molecule has 1 aromatic heterocycles. The van der Waals surface area contributed by atoms with Gasteiger partial charge < -0.3 is 15.0 Å². The summed E-state index contributed by atoms with van der Waals surface area (Å²) in [5.74, 6) is -0.0661. The number of aromatic nitrogens is 3. The van der Waals surface area contributed by atoms with Crippen LogP contribution in [0.15, 0.2) is 35.5 Å². The summed E-state index contributed by atoms with van der Waals surface area (Å²) in [5.41, 5.74) is 5.99. The fraction of sp³-hybridized carbons (Fsp3) is 0.389. The number of nitrogens with one attached hydrogen (secondary N) is 1. The largest absolute Gasteiger partial charge is 0.452 e. The van der Waals surface area contributed by atoms with Crippen molar-refractivity contribution in [2.75, 3.05) is 5.75 Å². The van der Waals surface area contributed by atoms with Crippen molar-refractivity contribution in [3.05, 3.63) is 41.7 Å². The lowest BCUT2D eigenvalue weighted by Gasteiger charge is -2.12. The summed E-state index contributed by atoms with van der Waals surface area (Å²) in [6.07, 6.45) is 1.06. The van der Waals surface area contributed by atoms with Gasteiger partial charge in [-0.2, -0.15) is 0 Å². The number of thioether (sulfide) groups is 1. The minimum atomic E-state index is -1.12. The van der Waals surface area contributed by atoms with Crippen molar-refractivity contribution in [3.63, 3.8) is 0 Å². The molecule has 0 aliphatic heterocycles. The zero-order valence-electron chi connectivity index (χ0n) is 15.3. The lowest BCUT2D eigenvalue weighted by Crippen LogP contribution is -2.42. The molecule has 0 radical (unpaired) electrons. The second-order valence-electron chi connectivity index (χ2n) is 6.46. The summed E-state index contributed by atoms with van der Waals surface area (Å²) in [5, 5.41) is 11.0. The van der Waals surface area contributed by atoms with Gasteiger partial charge in [-0.25, -0.2) is 4.79 Å². The first-order valence-electron chi connectivity index (χ1n) is 8.83. The molecule has 1 aliphatic rings. The third kappa shape index (κ3) is 5.32. The number of amides is 3. The summed E-state index contributed by atoms with van der Waals surface area (Å²) >= 11 is 1.20. The highest BCUT2D eigenvalue weighted by molar-refractivity contribution is 7.99. The number of benzene rings is 1. The van der Waals surface area contributed by atoms with E-state index in [1.165, 1.54) is 18.7 Å². The molecule has 2 aromatic rings. The van der Waals surface area contributed by atoms with E-state index in [1.54, 1.807) is 0 Å². The summed E-state index contributed by atoms with van der Waals surface area (Å²) in [7, 11) is 0. The molecule has 1 aliphatic carbocycles. The number of carbonyl (C=O) groups is 3. The van der Waals surface area contributed by atoms with E-state index in [0.29, 0.717) is 17.6 Å². The van der Waals surface area contributed by atoms with Crippen molar-refractivity contribution in [3.8, 4) is 0 Å². The fourth-order valence-corrected chi connectivity index (χ4v) is 3.32. The fourth-order valence-electron chi connectivity index (χ4n) is 2.60. The lowest BCUT2D eigenvalue weighted by molar-refractivity contribution is -0.151. The zero-order valence-corrected chi connectivity index (χ0v) is 16.1. The number of esters is 1. The van der Waals surface area contributed by atoms with Crippen LogP contribution in [0.4, 0.5) is 4.79 Å². The van der Waals surface area contributed by atoms with E-state index in [0.717, 1.165) is 24.2 Å². The molecule has 0 bridgehead atoms. The van der Waals surface area contributed by atoms with Crippen LogP contribution >= 0.6 is 11.8 Å². The van der Waals surface area contributed by atoms with Gasteiger partial charge in [-0.15, -0.1) is 10.2 Å². The molecule has 0 unspecified atom stereocenters. The predicted octanol–water partition coefficient (Wildman–Crippen LogP) is 1.42. The van der Waals surface area contributed by atoms with E-state index in [-0.39, 0.29) is 5.75 Å². The Labute approximate surface area is 166 Å². The topological polar surface area (TPSA) is 129 Å². The van der Waals surface area contributed by atoms with Crippen molar-refractivity contribution in [1.82, 2.24) is 20.1 Å². The Morgan fingerprint density at radius 1 is 1.29 bits per heavy atom. The van der Waals surface area contributed by atoms with Gasteiger partial charge in [0.25, 0.3) is 5.91 Å². The first-order valence-corrected chi connectivity index (χ1v) is 9.82. The van der Waals surface area contributed by atoms with Crippen LogP contribution in [0.3, 0.4) is 0 Å². The number of nitrogens with two attached hydrogens (primary N) is 1. The Balaban J connectivity index is 1.61. The zero-order chi connectivity index (χ0) is 20.1. The summed E-state index contributed by atoms with van der Waals surface area (Å²) in [6.45, 7) is 1.98. The molecule has 28 heavy (non-hydrogen) atoms. The minimum absolute atomic E-state index is 0.0359. The summed E-state index contributed by atoms with van der Waals surface area (Å²) in [6, 6.07) is 8.96. The highest BCUT2D eigenvalue weighted by Gasteiger charge is 2.30. The van der Waals surface area contributed by atoms with Gasteiger partial charge in [0.1, 0.15) is 5.82 Å². The maximum absolute atomic E-state index is 12.0. The number of urea groups is 1. The maximum Gasteiger partial charge on any atom is 0.318 e. The molecule has 1 fully saturated rings. The average Bonchev–Trinajstić information content (AvgIpc) is 3.42. The number of imide groups is 1. The summed E-state index contributed by atoms with van der Waals surface area (Å²) < 4.78 is 7.04. The van der Waals surface area contributed by atoms with Crippen LogP contribution in [0.25, 0.3) is 0 Å². The van der Waals surface area contributed by atoms with Gasteiger partial charge >= 0.3 is 12.0 Å². The third-order valence-electron chi connectivity index (χ3n) is 4.11. The first kappa shape index (κ1) is 19.9. The molecule has 9 nitrogen and oxygen atoms in total. The van der Waals surface area contributed by atoms with Gasteiger partial charge in [0.15, 0.2) is 11.3 Å². The van der Waals surface area contributed by atoms with E-state index < -0.39 is 24.0 Å². The molecule has 1 aromatic carbocycles. The number of carbonyl (C=O) groups excluding carboxylic acids is 3. The van der Waals surface area contributed by atoms with Crippen molar-refractivity contribution < 1.29 is 19.1 Å². The smallest absolute Gasteiger partial charge is 0.318 e. The number of ether oxygens (including phenoxy) is 1. The van der Waals surface area contributed by atoms with Crippen LogP contribution in [-0.4, -0.2) is 44.5 Å². The van der Waals surface area contributed by atoms with Crippen LogP contribution in [0.5, 0.6) is 0 Å². The van der Waals surface area contributed by atoms with E-state index >= 15 is 0 Å². The Morgan fingerprint density at radius 3 is 2.64 bits per heavy atom. The van der Waals surface area contributed by atoms with Crippen LogP contribution < -0.4 is 11.1 Å². The van der Waals surface area contributed by atoms with Gasteiger partial charge in [-0.1, -0.05) is 42.1 Å². The highest BCUT2D eigenvalue weighted by atomic mass is 32.2. The van der Waals surface area contributed by atoms with E-state index in [1.807, 2.05) is 40.2 Å². The molecule has 10 heteroatoms. The van der Waals surface area contributed by atoms with Crippen LogP contribution in [0.2, 0.25) is 0 Å². The Bertz CT molecular complexity index is 866. The van der Waals surface area contributed by atoms with Crippen LogP contribution in [-0.2, 0) is 20.9 Å². The number of nitrogens with zero attached hydrogens (tertiary/aromatic N) is 3. The van der Waals surface area contributed by atoms with Gasteiger partial charge in [-0.05, 0) is 25.3 Å². The standard InChI is InChI=1S/C18H21N5O4S/c1-11(16(25)20-17(19)26)27-14(24)10-28-18-22-21-15(13-7-8-13)23(18)9-12-5-3-2-4-6-12/h2-6,11,13H,7-10H2,1H3,(H3,19,20,25,26)/t11-/m1/s1. The van der Waals surface area contributed by atoms with Gasteiger partial charge in [0, 0.05) is 5.92 Å². The quantitative estimate of drug-likeness (QED) is 0.504. The van der Waals surface area contributed by atoms with E-state index in [4.69, 9.17) is 10.5 Å². The minimum Gasteiger partial charge on any atom is -0.452 e. The molecular formula is C18H21N5O4S. The van der Waals surface area contributed by atoms with E-state index in [2.05, 4.69) is 10.2 Å². The molecular weight excluding hydrogens is 382 g/mol. The average molecular weight is 403 g/mol. The molecule has 0 spiro atoms. The molecule has 3 rings (SSSR count). The van der Waals surface area contributed by atoms with E-state index in [9.17, 15) is 14.4 Å². The molecule has 148 valence electrons. The molecule has 1 atom stereocenters. The van der Waals surface area contributed by atoms with Crippen molar-refractivity contribution in [2.45, 2.75) is 43.5 Å². The predicted molar refractivity (Wildman–Crippen MR) is 102 cm³/mol. The number of rotatable bonds is 8. The molecule has 3 N–H and O–H groups in total. The van der Waals surface area contributed by atoms with Crippen LogP contribution in [0.1, 0.15) is 37.1 Å². The summed E-state index contributed by atoms with van der Waals surface area (Å²) in [4.78, 5) is 34.3. The molecule has 1 heterocycles. The normalized spacial score (nSPS) is 14.3. The number of hydrogen-bond acceptors (Lipinski definition) is 7. The SMILES string of the molecule is C[C@@H](OC(=O)CSc1nnc(C2CC2)n1Cc1ccccc1)C(=O)NC(N)=O. The van der Waals surface area contributed by atoms with Gasteiger partial charge in [-0.3, -0.25) is 14.9 Å². The van der Waals surface area contributed by atoms with Crippen LogP contribution in [0, 0.1) is 0 Å². The molecule has 0 saturated heterocycles. The third-order valence-corrected chi connectivity index (χ3v) is 5.05. The highest BCUT2D eigenvalue weighted by Crippen LogP contribution is 2.40.